The van der Waals surface area contributed by atoms with Gasteiger partial charge in [-0.15, -0.1) is 0 Å². The van der Waals surface area contributed by atoms with E-state index < -0.39 is 4.92 Å². The summed E-state index contributed by atoms with van der Waals surface area (Å²) in [5.74, 6) is 0. The van der Waals surface area contributed by atoms with Crippen molar-refractivity contribution in [2.24, 2.45) is 0 Å². The third-order valence-electron chi connectivity index (χ3n) is 2.80. The van der Waals surface area contributed by atoms with Crippen LogP contribution in [0.15, 0.2) is 49.1 Å². The van der Waals surface area contributed by atoms with Crippen molar-refractivity contribution in [3.63, 3.8) is 0 Å². The Bertz CT molecular complexity index is 764. The molecule has 1 aromatic carbocycles. The van der Waals surface area contributed by atoms with Gasteiger partial charge in [-0.05, 0) is 12.1 Å². The van der Waals surface area contributed by atoms with Gasteiger partial charge in [-0.3, -0.25) is 14.7 Å². The number of imidazole rings is 1. The maximum absolute atomic E-state index is 11.1. The summed E-state index contributed by atoms with van der Waals surface area (Å²) in [6.07, 6.45) is 4.33. The van der Waals surface area contributed by atoms with Crippen molar-refractivity contribution in [2.75, 3.05) is 0 Å². The second kappa shape index (κ2) is 4.05. The van der Waals surface area contributed by atoms with E-state index in [1.165, 1.54) is 24.5 Å². The first-order valence-corrected chi connectivity index (χ1v) is 5.46. The summed E-state index contributed by atoms with van der Waals surface area (Å²) in [5, 5.41) is 21.7. The fraction of sp³-hybridized carbons (Fsp3) is 0. The van der Waals surface area contributed by atoms with E-state index in [9.17, 15) is 15.3 Å². The molecule has 2 aromatic heterocycles. The summed E-state index contributed by atoms with van der Waals surface area (Å²) in [4.78, 5) is 14.3. The van der Waals surface area contributed by atoms with E-state index in [0.29, 0.717) is 10.2 Å². The van der Waals surface area contributed by atoms with Crippen molar-refractivity contribution in [1.29, 1.82) is 0 Å². The number of aromatic nitrogens is 3. The van der Waals surface area contributed by atoms with Gasteiger partial charge in [0.15, 0.2) is 11.7 Å². The Morgan fingerprint density at radius 1 is 1.21 bits per heavy atom. The van der Waals surface area contributed by atoms with Crippen molar-refractivity contribution < 1.29 is 9.65 Å². The van der Waals surface area contributed by atoms with Crippen LogP contribution in [0.5, 0.6) is 0 Å². The first-order chi connectivity index (χ1) is 9.15. The van der Waals surface area contributed by atoms with Gasteiger partial charge in [0.25, 0.3) is 5.69 Å². The summed E-state index contributed by atoms with van der Waals surface area (Å²) in [5.41, 5.74) is 2.11. The van der Waals surface area contributed by atoms with Gasteiger partial charge in [0.1, 0.15) is 6.33 Å². The summed E-state index contributed by atoms with van der Waals surface area (Å²) in [6.45, 7) is 0. The quantitative estimate of drug-likeness (QED) is 0.301. The zero-order valence-corrected chi connectivity index (χ0v) is 9.63. The highest BCUT2D eigenvalue weighted by Gasteiger charge is 2.09. The first-order valence-electron chi connectivity index (χ1n) is 5.46. The molecule has 0 fully saturated rings. The topological polar surface area (TPSA) is 87.9 Å². The average molecular weight is 256 g/mol. The Morgan fingerprint density at radius 2 is 1.95 bits per heavy atom. The highest BCUT2D eigenvalue weighted by molar-refractivity contribution is 5.75. The van der Waals surface area contributed by atoms with Crippen LogP contribution < -0.4 is 4.73 Å². The highest BCUT2D eigenvalue weighted by Crippen LogP contribution is 2.19. The maximum Gasteiger partial charge on any atom is 0.269 e. The van der Waals surface area contributed by atoms with Gasteiger partial charge >= 0.3 is 0 Å². The third-order valence-corrected chi connectivity index (χ3v) is 2.80. The molecule has 94 valence electrons. The van der Waals surface area contributed by atoms with E-state index in [1.807, 2.05) is 0 Å². The molecule has 0 aliphatic rings. The predicted octanol–water partition coefficient (Wildman–Crippen LogP) is 1.57. The molecule has 0 unspecified atom stereocenters. The van der Waals surface area contributed by atoms with Gasteiger partial charge in [0.05, 0.1) is 10.4 Å². The number of pyridine rings is 1. The highest BCUT2D eigenvalue weighted by atomic mass is 16.6. The molecular formula is C12H8N4O3. The minimum absolute atomic E-state index is 0.0329. The van der Waals surface area contributed by atoms with Crippen LogP contribution in [0.1, 0.15) is 0 Å². The normalized spacial score (nSPS) is 10.7. The molecule has 7 nitrogen and oxygen atoms in total. The summed E-state index contributed by atoms with van der Waals surface area (Å²) in [7, 11) is 0. The van der Waals surface area contributed by atoms with Gasteiger partial charge in [-0.1, -0.05) is 0 Å². The van der Waals surface area contributed by atoms with Crippen LogP contribution in [-0.2, 0) is 0 Å². The van der Waals surface area contributed by atoms with Crippen LogP contribution in [0, 0.1) is 15.3 Å². The van der Waals surface area contributed by atoms with E-state index >= 15 is 0 Å². The number of nitrogens with zero attached hydrogens (tertiary/aromatic N) is 4. The molecule has 0 spiro atoms. The Morgan fingerprint density at radius 3 is 2.63 bits per heavy atom. The van der Waals surface area contributed by atoms with Crippen LogP contribution in [0.3, 0.4) is 0 Å². The van der Waals surface area contributed by atoms with Gasteiger partial charge in [-0.25, -0.2) is 4.98 Å². The lowest BCUT2D eigenvalue weighted by atomic mass is 10.3. The van der Waals surface area contributed by atoms with Crippen molar-refractivity contribution >= 4 is 16.7 Å². The molecular weight excluding hydrogens is 248 g/mol. The number of benzene rings is 1. The smallest absolute Gasteiger partial charge is 0.269 e. The molecule has 3 aromatic rings. The van der Waals surface area contributed by atoms with E-state index in [1.54, 1.807) is 29.1 Å². The number of non-ortho nitro benzene ring substituents is 1. The fourth-order valence-corrected chi connectivity index (χ4v) is 1.89. The molecule has 0 bridgehead atoms. The molecule has 3 rings (SSSR count). The molecule has 0 saturated carbocycles. The number of nitro groups is 1. The number of fused-ring (bicyclic) bond motifs is 1. The Hall–Kier alpha value is -2.96. The lowest BCUT2D eigenvalue weighted by Crippen LogP contribution is -2.23. The zero-order chi connectivity index (χ0) is 13.4. The molecule has 19 heavy (non-hydrogen) atoms. The number of nitro benzene ring substituents is 1. The molecule has 0 amide bonds. The monoisotopic (exact) mass is 256 g/mol. The molecule has 7 heteroatoms. The van der Waals surface area contributed by atoms with Crippen molar-refractivity contribution in [1.82, 2.24) is 9.55 Å². The largest absolute Gasteiger partial charge is 0.619 e. The van der Waals surface area contributed by atoms with Crippen molar-refractivity contribution in [3.8, 4) is 5.69 Å². The standard InChI is InChI=1S/C12H8N4O3/c17-14-6-5-12-11(7-14)13-8-15(12)9-1-3-10(4-2-9)16(18)19/h1-8H. The van der Waals surface area contributed by atoms with Gasteiger partial charge in [0.2, 0.25) is 6.20 Å². The van der Waals surface area contributed by atoms with E-state index in [-0.39, 0.29) is 5.69 Å². The minimum atomic E-state index is -0.448. The van der Waals surface area contributed by atoms with Crippen LogP contribution in [0.2, 0.25) is 0 Å². The molecule has 0 N–H and O–H groups in total. The predicted molar refractivity (Wildman–Crippen MR) is 66.7 cm³/mol. The van der Waals surface area contributed by atoms with E-state index in [2.05, 4.69) is 4.98 Å². The Labute approximate surface area is 107 Å². The fourth-order valence-electron chi connectivity index (χ4n) is 1.89. The third kappa shape index (κ3) is 1.86. The molecule has 0 radical (unpaired) electrons. The second-order valence-electron chi connectivity index (χ2n) is 3.96. The number of hydrogen-bond donors (Lipinski definition) is 0. The lowest BCUT2D eigenvalue weighted by Gasteiger charge is -2.03. The van der Waals surface area contributed by atoms with Crippen LogP contribution in [-0.4, -0.2) is 14.5 Å². The molecule has 0 atom stereocenters. The van der Waals surface area contributed by atoms with Crippen LogP contribution >= 0.6 is 0 Å². The van der Waals surface area contributed by atoms with Crippen LogP contribution in [0.25, 0.3) is 16.7 Å². The van der Waals surface area contributed by atoms with Crippen molar-refractivity contribution in [3.05, 3.63) is 64.4 Å². The number of hydrogen-bond acceptors (Lipinski definition) is 4. The van der Waals surface area contributed by atoms with Gasteiger partial charge in [-0.2, -0.15) is 4.73 Å². The summed E-state index contributed by atoms with van der Waals surface area (Å²) >= 11 is 0. The van der Waals surface area contributed by atoms with Crippen LogP contribution in [0.4, 0.5) is 5.69 Å². The Balaban J connectivity index is 2.11. The molecule has 0 aliphatic heterocycles. The van der Waals surface area contributed by atoms with Gasteiger partial charge < -0.3 is 5.21 Å². The summed E-state index contributed by atoms with van der Waals surface area (Å²) < 4.78 is 2.44. The number of rotatable bonds is 2. The zero-order valence-electron chi connectivity index (χ0n) is 9.63. The van der Waals surface area contributed by atoms with Crippen molar-refractivity contribution in [2.45, 2.75) is 0 Å². The average Bonchev–Trinajstić information content (AvgIpc) is 2.81. The maximum atomic E-state index is 11.1. The molecule has 0 aliphatic carbocycles. The Kier molecular flexibility index (Phi) is 2.38. The van der Waals surface area contributed by atoms with Gasteiger partial charge in [0, 0.05) is 23.9 Å². The van der Waals surface area contributed by atoms with E-state index in [4.69, 9.17) is 0 Å². The minimum Gasteiger partial charge on any atom is -0.619 e. The van der Waals surface area contributed by atoms with E-state index in [0.717, 1.165) is 11.2 Å². The first kappa shape index (κ1) is 11.1. The summed E-state index contributed by atoms with van der Waals surface area (Å²) in [6, 6.07) is 7.78. The molecule has 0 saturated heterocycles. The molecule has 2 heterocycles. The SMILES string of the molecule is O=[N+]([O-])c1ccc(-n2cnc3c[n+]([O-])ccc32)cc1. The lowest BCUT2D eigenvalue weighted by molar-refractivity contribution is -0.604. The second-order valence-corrected chi connectivity index (χ2v) is 3.96.